The molecular formula is C20H28ClFN4O. The molecule has 5 nitrogen and oxygen atoms in total. The predicted molar refractivity (Wildman–Crippen MR) is 106 cm³/mol. The van der Waals surface area contributed by atoms with Crippen LogP contribution in [0.15, 0.2) is 18.2 Å². The first kappa shape index (κ1) is 20.3. The average Bonchev–Trinajstić information content (AvgIpc) is 2.86. The van der Waals surface area contributed by atoms with E-state index < -0.39 is 0 Å². The molecule has 0 radical (unpaired) electrons. The van der Waals surface area contributed by atoms with Crippen molar-refractivity contribution in [1.29, 1.82) is 0 Å². The van der Waals surface area contributed by atoms with Crippen molar-refractivity contribution in [3.8, 4) is 0 Å². The summed E-state index contributed by atoms with van der Waals surface area (Å²) in [5.74, 6) is -0.262. The summed E-state index contributed by atoms with van der Waals surface area (Å²) in [5, 5.41) is 8.43. The lowest BCUT2D eigenvalue weighted by atomic mass is 10.0. The average molecular weight is 395 g/mol. The first-order valence-electron chi connectivity index (χ1n) is 9.37. The summed E-state index contributed by atoms with van der Waals surface area (Å²) in [7, 11) is 1.95. The second kappa shape index (κ2) is 8.69. The van der Waals surface area contributed by atoms with Crippen molar-refractivity contribution in [1.82, 2.24) is 20.0 Å². The minimum Gasteiger partial charge on any atom is -0.376 e. The first-order chi connectivity index (χ1) is 12.9. The van der Waals surface area contributed by atoms with Crippen LogP contribution in [0.2, 0.25) is 5.02 Å². The molecule has 0 aliphatic carbocycles. The molecule has 27 heavy (non-hydrogen) atoms. The van der Waals surface area contributed by atoms with Crippen LogP contribution in [-0.2, 0) is 18.3 Å². The minimum absolute atomic E-state index is 0.120. The molecule has 0 spiro atoms. The van der Waals surface area contributed by atoms with Crippen LogP contribution < -0.4 is 5.32 Å². The quantitative estimate of drug-likeness (QED) is 0.815. The highest BCUT2D eigenvalue weighted by Gasteiger charge is 2.29. The third kappa shape index (κ3) is 4.51. The summed E-state index contributed by atoms with van der Waals surface area (Å²) in [4.78, 5) is 2.26. The molecule has 1 fully saturated rings. The van der Waals surface area contributed by atoms with Crippen LogP contribution in [0.5, 0.6) is 0 Å². The summed E-state index contributed by atoms with van der Waals surface area (Å²) < 4.78 is 22.2. The number of hydrogen-bond acceptors (Lipinski definition) is 4. The molecule has 2 heterocycles. The van der Waals surface area contributed by atoms with Crippen molar-refractivity contribution < 1.29 is 9.13 Å². The Morgan fingerprint density at radius 1 is 1.41 bits per heavy atom. The van der Waals surface area contributed by atoms with Gasteiger partial charge in [-0.25, -0.2) is 4.39 Å². The summed E-state index contributed by atoms with van der Waals surface area (Å²) in [6, 6.07) is 4.73. The maximum Gasteiger partial charge on any atom is 0.129 e. The molecule has 2 aromatic rings. The van der Waals surface area contributed by atoms with Crippen LogP contribution in [0.25, 0.3) is 0 Å². The van der Waals surface area contributed by atoms with Crippen LogP contribution in [0.4, 0.5) is 4.39 Å². The van der Waals surface area contributed by atoms with Crippen molar-refractivity contribution in [3.63, 3.8) is 0 Å². The largest absolute Gasteiger partial charge is 0.376 e. The fraction of sp³-hybridized carbons (Fsp3) is 0.550. The van der Waals surface area contributed by atoms with Gasteiger partial charge in [-0.1, -0.05) is 17.7 Å². The molecular weight excluding hydrogens is 367 g/mol. The van der Waals surface area contributed by atoms with Crippen molar-refractivity contribution in [3.05, 3.63) is 51.6 Å². The molecule has 7 heteroatoms. The van der Waals surface area contributed by atoms with E-state index >= 15 is 0 Å². The second-order valence-electron chi connectivity index (χ2n) is 7.23. The third-order valence-electron chi connectivity index (χ3n) is 5.34. The van der Waals surface area contributed by atoms with Gasteiger partial charge in [-0.05, 0) is 32.9 Å². The molecule has 2 atom stereocenters. The van der Waals surface area contributed by atoms with E-state index in [0.717, 1.165) is 24.5 Å². The molecule has 1 aromatic heterocycles. The Morgan fingerprint density at radius 2 is 2.19 bits per heavy atom. The lowest BCUT2D eigenvalue weighted by Gasteiger charge is -2.38. The molecule has 0 amide bonds. The zero-order chi connectivity index (χ0) is 19.6. The van der Waals surface area contributed by atoms with Crippen LogP contribution >= 0.6 is 11.6 Å². The van der Waals surface area contributed by atoms with Gasteiger partial charge in [0.15, 0.2) is 0 Å². The van der Waals surface area contributed by atoms with Gasteiger partial charge in [0.2, 0.25) is 0 Å². The van der Waals surface area contributed by atoms with Crippen LogP contribution in [-0.4, -0.2) is 47.0 Å². The summed E-state index contributed by atoms with van der Waals surface area (Å²) in [5.41, 5.74) is 3.90. The maximum atomic E-state index is 14.7. The standard InChI is InChI=1S/C20H28ClFN4O/c1-13-12-26(8-9-27-13)19(20-17(21)6-5-7-18(20)22)11-23-10-16-14(2)24-25(4)15(16)3/h5-7,13,19,23H,8-12H2,1-4H3. The Labute approximate surface area is 165 Å². The van der Waals surface area contributed by atoms with E-state index in [1.807, 2.05) is 25.6 Å². The van der Waals surface area contributed by atoms with Crippen molar-refractivity contribution in [2.45, 2.75) is 39.5 Å². The Kier molecular flexibility index (Phi) is 6.52. The number of nitrogens with one attached hydrogen (secondary N) is 1. The summed E-state index contributed by atoms with van der Waals surface area (Å²) in [6.07, 6.45) is 0.120. The summed E-state index contributed by atoms with van der Waals surface area (Å²) in [6.45, 7) is 9.56. The smallest absolute Gasteiger partial charge is 0.129 e. The molecule has 1 saturated heterocycles. The molecule has 1 aliphatic rings. The van der Waals surface area contributed by atoms with Crippen molar-refractivity contribution in [2.75, 3.05) is 26.2 Å². The highest BCUT2D eigenvalue weighted by atomic mass is 35.5. The van der Waals surface area contributed by atoms with Gasteiger partial charge in [0.05, 0.1) is 24.4 Å². The van der Waals surface area contributed by atoms with E-state index in [1.165, 1.54) is 11.6 Å². The number of aryl methyl sites for hydroxylation is 2. The van der Waals surface area contributed by atoms with Crippen LogP contribution in [0.3, 0.4) is 0 Å². The van der Waals surface area contributed by atoms with Gasteiger partial charge in [0, 0.05) is 55.1 Å². The molecule has 0 saturated carbocycles. The third-order valence-corrected chi connectivity index (χ3v) is 5.67. The number of aromatic nitrogens is 2. The zero-order valence-electron chi connectivity index (χ0n) is 16.4. The van der Waals surface area contributed by atoms with E-state index in [9.17, 15) is 4.39 Å². The molecule has 1 aromatic carbocycles. The second-order valence-corrected chi connectivity index (χ2v) is 7.64. The van der Waals surface area contributed by atoms with E-state index in [4.69, 9.17) is 16.3 Å². The fourth-order valence-electron chi connectivity index (χ4n) is 3.78. The van der Waals surface area contributed by atoms with E-state index in [2.05, 4.69) is 22.2 Å². The lowest BCUT2D eigenvalue weighted by Crippen LogP contribution is -2.46. The summed E-state index contributed by atoms with van der Waals surface area (Å²) >= 11 is 6.39. The molecule has 0 bridgehead atoms. The van der Waals surface area contributed by atoms with Gasteiger partial charge in [-0.2, -0.15) is 5.10 Å². The zero-order valence-corrected chi connectivity index (χ0v) is 17.2. The number of rotatable bonds is 6. The number of nitrogens with zero attached hydrogens (tertiary/aromatic N) is 3. The molecule has 2 unspecified atom stereocenters. The minimum atomic E-state index is -0.262. The Balaban J connectivity index is 1.80. The Bertz CT molecular complexity index is 774. The van der Waals surface area contributed by atoms with E-state index in [1.54, 1.807) is 12.1 Å². The molecule has 3 rings (SSSR count). The number of halogens is 2. The van der Waals surface area contributed by atoms with Gasteiger partial charge >= 0.3 is 0 Å². The molecule has 1 N–H and O–H groups in total. The van der Waals surface area contributed by atoms with Gasteiger partial charge in [-0.3, -0.25) is 9.58 Å². The number of hydrogen-bond donors (Lipinski definition) is 1. The normalized spacial score (nSPS) is 19.4. The Hall–Kier alpha value is -1.47. The Morgan fingerprint density at radius 3 is 2.81 bits per heavy atom. The SMILES string of the molecule is Cc1nn(C)c(C)c1CNCC(c1c(F)cccc1Cl)N1CCOC(C)C1. The van der Waals surface area contributed by atoms with Gasteiger partial charge in [0.25, 0.3) is 0 Å². The number of morpholine rings is 1. The monoisotopic (exact) mass is 394 g/mol. The topological polar surface area (TPSA) is 42.3 Å². The van der Waals surface area contributed by atoms with Crippen LogP contribution in [0.1, 0.15) is 35.5 Å². The molecule has 1 aliphatic heterocycles. The predicted octanol–water partition coefficient (Wildman–Crippen LogP) is 3.38. The van der Waals surface area contributed by atoms with Crippen LogP contribution in [0, 0.1) is 19.7 Å². The maximum absolute atomic E-state index is 14.7. The van der Waals surface area contributed by atoms with Crippen molar-refractivity contribution in [2.24, 2.45) is 7.05 Å². The fourth-order valence-corrected chi connectivity index (χ4v) is 4.07. The van der Waals surface area contributed by atoms with Gasteiger partial charge < -0.3 is 10.1 Å². The highest BCUT2D eigenvalue weighted by Crippen LogP contribution is 2.31. The van der Waals surface area contributed by atoms with Gasteiger partial charge in [-0.15, -0.1) is 0 Å². The molecule has 148 valence electrons. The van der Waals surface area contributed by atoms with E-state index in [0.29, 0.717) is 30.3 Å². The number of benzene rings is 1. The van der Waals surface area contributed by atoms with Crippen molar-refractivity contribution >= 4 is 11.6 Å². The van der Waals surface area contributed by atoms with E-state index in [-0.39, 0.29) is 18.0 Å². The first-order valence-corrected chi connectivity index (χ1v) is 9.75. The van der Waals surface area contributed by atoms with Gasteiger partial charge in [0.1, 0.15) is 5.82 Å². The number of ether oxygens (including phenoxy) is 1. The lowest BCUT2D eigenvalue weighted by molar-refractivity contribution is -0.0349. The highest BCUT2D eigenvalue weighted by molar-refractivity contribution is 6.31.